The van der Waals surface area contributed by atoms with E-state index in [-0.39, 0.29) is 5.91 Å². The minimum absolute atomic E-state index is 0.186. The van der Waals surface area contributed by atoms with Crippen molar-refractivity contribution in [1.82, 2.24) is 15.3 Å². The number of carbonyl (C=O) groups excluding carboxylic acids is 1. The van der Waals surface area contributed by atoms with E-state index in [1.54, 1.807) is 6.20 Å². The second kappa shape index (κ2) is 7.32. The standard InChI is InChI=1S/C24H26ClN5OS/c1-13-10-28-20-19(26)21(32-23(20)29-13)22(31)27-7-5-14-2-3-18(17(25)8-14)30-11-16-9-15-4-6-24(15,16)12-30/h2-3,8,10,15-16H,4-7,9,11-12,26H2,1H3,(H,27,31). The van der Waals surface area contributed by atoms with Gasteiger partial charge in [-0.15, -0.1) is 11.3 Å². The Morgan fingerprint density at radius 3 is 3.00 bits per heavy atom. The van der Waals surface area contributed by atoms with Crippen LogP contribution in [-0.2, 0) is 6.42 Å². The molecule has 3 aromatic rings. The van der Waals surface area contributed by atoms with Gasteiger partial charge < -0.3 is 16.0 Å². The summed E-state index contributed by atoms with van der Waals surface area (Å²) >= 11 is 7.97. The topological polar surface area (TPSA) is 84.1 Å². The average Bonchev–Trinajstić information content (AvgIpc) is 3.29. The van der Waals surface area contributed by atoms with Gasteiger partial charge in [0.25, 0.3) is 5.91 Å². The molecule has 6 nitrogen and oxygen atoms in total. The molecule has 0 radical (unpaired) electrons. The van der Waals surface area contributed by atoms with Gasteiger partial charge in [-0.25, -0.2) is 9.97 Å². The molecule has 3 aliphatic rings. The largest absolute Gasteiger partial charge is 0.396 e. The van der Waals surface area contributed by atoms with E-state index in [0.717, 1.165) is 46.9 Å². The maximum atomic E-state index is 12.7. The lowest BCUT2D eigenvalue weighted by Gasteiger charge is -2.60. The number of carbonyl (C=O) groups is 1. The van der Waals surface area contributed by atoms with Crippen LogP contribution in [0.2, 0.25) is 5.02 Å². The van der Waals surface area contributed by atoms with Gasteiger partial charge in [-0.1, -0.05) is 17.7 Å². The highest BCUT2D eigenvalue weighted by atomic mass is 35.5. The van der Waals surface area contributed by atoms with Gasteiger partial charge in [0.1, 0.15) is 15.2 Å². The molecule has 166 valence electrons. The Morgan fingerprint density at radius 1 is 1.41 bits per heavy atom. The number of aromatic nitrogens is 2. The number of anilines is 2. The zero-order valence-corrected chi connectivity index (χ0v) is 19.6. The van der Waals surface area contributed by atoms with Crippen molar-refractivity contribution in [3.05, 3.63) is 45.6 Å². The molecule has 1 spiro atoms. The first-order valence-electron chi connectivity index (χ1n) is 11.3. The van der Waals surface area contributed by atoms with Crippen LogP contribution in [0.3, 0.4) is 0 Å². The van der Waals surface area contributed by atoms with Crippen LogP contribution in [0.15, 0.2) is 24.4 Å². The Morgan fingerprint density at radius 2 is 2.28 bits per heavy atom. The van der Waals surface area contributed by atoms with Crippen molar-refractivity contribution in [2.24, 2.45) is 17.3 Å². The number of hydrogen-bond acceptors (Lipinski definition) is 6. The molecule has 2 saturated carbocycles. The number of nitrogen functional groups attached to an aromatic ring is 1. The molecule has 6 rings (SSSR count). The summed E-state index contributed by atoms with van der Waals surface area (Å²) in [5.41, 5.74) is 10.8. The molecule has 3 atom stereocenters. The minimum Gasteiger partial charge on any atom is -0.396 e. The quantitative estimate of drug-likeness (QED) is 0.579. The third kappa shape index (κ3) is 3.01. The van der Waals surface area contributed by atoms with Crippen LogP contribution in [0.5, 0.6) is 0 Å². The molecular formula is C24H26ClN5OS. The summed E-state index contributed by atoms with van der Waals surface area (Å²) in [6.07, 6.45) is 6.59. The molecule has 3 fully saturated rings. The van der Waals surface area contributed by atoms with E-state index < -0.39 is 0 Å². The predicted octanol–water partition coefficient (Wildman–Crippen LogP) is 4.44. The van der Waals surface area contributed by atoms with Gasteiger partial charge in [0.05, 0.1) is 22.1 Å². The number of amides is 1. The molecule has 1 amide bonds. The van der Waals surface area contributed by atoms with Crippen molar-refractivity contribution in [3.8, 4) is 0 Å². The number of halogens is 1. The number of nitrogens with one attached hydrogen (secondary N) is 1. The van der Waals surface area contributed by atoms with Crippen LogP contribution in [-0.4, -0.2) is 35.5 Å². The number of benzene rings is 1. The molecular weight excluding hydrogens is 442 g/mol. The van der Waals surface area contributed by atoms with Crippen LogP contribution in [0.1, 0.15) is 40.2 Å². The molecule has 32 heavy (non-hydrogen) atoms. The maximum Gasteiger partial charge on any atom is 0.263 e. The van der Waals surface area contributed by atoms with Gasteiger partial charge >= 0.3 is 0 Å². The van der Waals surface area contributed by atoms with E-state index in [1.807, 2.05) is 13.0 Å². The van der Waals surface area contributed by atoms with Crippen molar-refractivity contribution in [2.75, 3.05) is 30.3 Å². The molecule has 8 heteroatoms. The zero-order chi connectivity index (χ0) is 22.0. The van der Waals surface area contributed by atoms with Gasteiger partial charge in [0, 0.05) is 25.8 Å². The number of rotatable bonds is 5. The summed E-state index contributed by atoms with van der Waals surface area (Å²) in [4.78, 5) is 25.1. The van der Waals surface area contributed by atoms with Crippen molar-refractivity contribution in [3.63, 3.8) is 0 Å². The van der Waals surface area contributed by atoms with Gasteiger partial charge in [0.15, 0.2) is 0 Å². The normalized spacial score (nSPS) is 25.8. The molecule has 2 aromatic heterocycles. The lowest BCUT2D eigenvalue weighted by Crippen LogP contribution is -2.55. The highest BCUT2D eigenvalue weighted by Crippen LogP contribution is 2.68. The number of nitrogens with two attached hydrogens (primary N) is 1. The summed E-state index contributed by atoms with van der Waals surface area (Å²) in [7, 11) is 0. The smallest absolute Gasteiger partial charge is 0.263 e. The fourth-order valence-corrected chi connectivity index (χ4v) is 7.33. The average molecular weight is 468 g/mol. The summed E-state index contributed by atoms with van der Waals surface area (Å²) in [5.74, 6) is 1.64. The second-order valence-corrected chi connectivity index (χ2v) is 11.0. The molecule has 0 bridgehead atoms. The maximum absolute atomic E-state index is 12.7. The van der Waals surface area contributed by atoms with Crippen LogP contribution in [0, 0.1) is 24.2 Å². The van der Waals surface area contributed by atoms with Gasteiger partial charge in [-0.05, 0) is 67.6 Å². The number of hydrogen-bond donors (Lipinski definition) is 2. The molecule has 1 aromatic carbocycles. The SMILES string of the molecule is Cc1cnc2c(N)c(C(=O)NCCc3ccc(N4CC5CC6CCC65C4)c(Cl)c3)sc2n1. The number of fused-ring (bicyclic) bond motifs is 1. The highest BCUT2D eigenvalue weighted by Gasteiger charge is 2.64. The van der Waals surface area contributed by atoms with E-state index in [2.05, 4.69) is 32.3 Å². The fourth-order valence-electron chi connectivity index (χ4n) is 5.99. The Labute approximate surface area is 196 Å². The van der Waals surface area contributed by atoms with Crippen molar-refractivity contribution in [2.45, 2.75) is 32.6 Å². The molecule has 2 aliphatic carbocycles. The first-order valence-corrected chi connectivity index (χ1v) is 12.5. The van der Waals surface area contributed by atoms with E-state index in [0.29, 0.717) is 39.3 Å². The fraction of sp³-hybridized carbons (Fsp3) is 0.458. The van der Waals surface area contributed by atoms with Gasteiger partial charge in [-0.2, -0.15) is 0 Å². The minimum atomic E-state index is -0.186. The Hall–Kier alpha value is -2.38. The van der Waals surface area contributed by atoms with Crippen molar-refractivity contribution < 1.29 is 4.79 Å². The number of nitrogens with zero attached hydrogens (tertiary/aromatic N) is 3. The number of thiophene rings is 1. The van der Waals surface area contributed by atoms with Crippen molar-refractivity contribution in [1.29, 1.82) is 0 Å². The zero-order valence-electron chi connectivity index (χ0n) is 18.0. The molecule has 1 saturated heterocycles. The summed E-state index contributed by atoms with van der Waals surface area (Å²) in [6, 6.07) is 6.33. The van der Waals surface area contributed by atoms with Crippen LogP contribution in [0.25, 0.3) is 10.3 Å². The molecule has 1 aliphatic heterocycles. The monoisotopic (exact) mass is 467 g/mol. The van der Waals surface area contributed by atoms with E-state index in [1.165, 1.54) is 30.6 Å². The second-order valence-electron chi connectivity index (χ2n) is 9.58. The molecule has 3 heterocycles. The Kier molecular flexibility index (Phi) is 4.63. The van der Waals surface area contributed by atoms with Gasteiger partial charge in [-0.3, -0.25) is 4.79 Å². The lowest BCUT2D eigenvalue weighted by atomic mass is 9.43. The third-order valence-electron chi connectivity index (χ3n) is 7.90. The summed E-state index contributed by atoms with van der Waals surface area (Å²) in [6.45, 7) is 4.69. The van der Waals surface area contributed by atoms with E-state index in [9.17, 15) is 4.79 Å². The molecule has 3 unspecified atom stereocenters. The number of aryl methyl sites for hydroxylation is 1. The van der Waals surface area contributed by atoms with Crippen LogP contribution >= 0.6 is 22.9 Å². The first kappa shape index (κ1) is 20.2. The van der Waals surface area contributed by atoms with E-state index >= 15 is 0 Å². The van der Waals surface area contributed by atoms with Crippen LogP contribution < -0.4 is 16.0 Å². The third-order valence-corrected chi connectivity index (χ3v) is 9.29. The highest BCUT2D eigenvalue weighted by molar-refractivity contribution is 7.21. The van der Waals surface area contributed by atoms with Crippen LogP contribution in [0.4, 0.5) is 11.4 Å². The van der Waals surface area contributed by atoms with Gasteiger partial charge in [0.2, 0.25) is 0 Å². The Bertz CT molecular complexity index is 1240. The first-order chi connectivity index (χ1) is 15.4. The van der Waals surface area contributed by atoms with E-state index in [4.69, 9.17) is 17.3 Å². The summed E-state index contributed by atoms with van der Waals surface area (Å²) in [5, 5.41) is 3.78. The van der Waals surface area contributed by atoms with Crippen molar-refractivity contribution >= 4 is 50.6 Å². The summed E-state index contributed by atoms with van der Waals surface area (Å²) < 4.78 is 0. The molecule has 3 N–H and O–H groups in total. The predicted molar refractivity (Wildman–Crippen MR) is 130 cm³/mol. The Balaban J connectivity index is 1.09. The lowest BCUT2D eigenvalue weighted by molar-refractivity contribution is -0.104.